The van der Waals surface area contributed by atoms with Crippen molar-refractivity contribution in [2.75, 3.05) is 0 Å². The summed E-state index contributed by atoms with van der Waals surface area (Å²) in [4.78, 5) is 0. The molecule has 0 radical (unpaired) electrons. The first-order valence-corrected chi connectivity index (χ1v) is 6.05. The van der Waals surface area contributed by atoms with E-state index < -0.39 is 0 Å². The molecule has 0 bridgehead atoms. The zero-order valence-corrected chi connectivity index (χ0v) is 10.2. The van der Waals surface area contributed by atoms with Crippen LogP contribution in [-0.2, 0) is 6.42 Å². The van der Waals surface area contributed by atoms with E-state index in [-0.39, 0.29) is 0 Å². The molecular formula is C15H14N2O. The van der Waals surface area contributed by atoms with Gasteiger partial charge in [-0.05, 0) is 24.1 Å². The average molecular weight is 238 g/mol. The third kappa shape index (κ3) is 1.64. The van der Waals surface area contributed by atoms with Crippen LogP contribution in [0.25, 0.3) is 16.6 Å². The van der Waals surface area contributed by atoms with Gasteiger partial charge >= 0.3 is 0 Å². The van der Waals surface area contributed by atoms with Gasteiger partial charge in [0.05, 0.1) is 5.52 Å². The number of hydrogen-bond acceptors (Lipinski definition) is 2. The summed E-state index contributed by atoms with van der Waals surface area (Å²) in [6, 6.07) is 13.7. The Balaban J connectivity index is 2.20. The summed E-state index contributed by atoms with van der Waals surface area (Å²) in [5, 5.41) is 15.8. The van der Waals surface area contributed by atoms with E-state index in [9.17, 15) is 5.11 Å². The van der Waals surface area contributed by atoms with Gasteiger partial charge in [-0.25, -0.2) is 4.68 Å². The SMILES string of the molecule is CCc1cccc(-n2cc3ccccc3n2)c1O. The molecule has 1 N–H and O–H groups in total. The summed E-state index contributed by atoms with van der Waals surface area (Å²) in [5.74, 6) is 0.313. The van der Waals surface area contributed by atoms with E-state index in [0.29, 0.717) is 5.75 Å². The quantitative estimate of drug-likeness (QED) is 0.744. The third-order valence-corrected chi connectivity index (χ3v) is 3.14. The van der Waals surface area contributed by atoms with Crippen LogP contribution in [-0.4, -0.2) is 14.9 Å². The molecule has 0 amide bonds. The lowest BCUT2D eigenvalue weighted by atomic mass is 10.1. The second-order valence-corrected chi connectivity index (χ2v) is 4.27. The van der Waals surface area contributed by atoms with Crippen molar-refractivity contribution >= 4 is 10.9 Å². The van der Waals surface area contributed by atoms with Crippen molar-refractivity contribution in [2.45, 2.75) is 13.3 Å². The Kier molecular flexibility index (Phi) is 2.52. The first-order chi connectivity index (χ1) is 8.79. The molecule has 0 atom stereocenters. The minimum Gasteiger partial charge on any atom is -0.505 e. The molecule has 1 heterocycles. The Labute approximate surface area is 105 Å². The predicted molar refractivity (Wildman–Crippen MR) is 72.1 cm³/mol. The highest BCUT2D eigenvalue weighted by atomic mass is 16.3. The molecule has 0 saturated carbocycles. The van der Waals surface area contributed by atoms with Crippen LogP contribution in [0.5, 0.6) is 5.75 Å². The Morgan fingerprint density at radius 2 is 1.94 bits per heavy atom. The predicted octanol–water partition coefficient (Wildman–Crippen LogP) is 3.29. The molecular weight excluding hydrogens is 224 g/mol. The Bertz CT molecular complexity index is 668. The van der Waals surface area contributed by atoms with Gasteiger partial charge in [0.25, 0.3) is 0 Å². The van der Waals surface area contributed by atoms with Gasteiger partial charge in [0.15, 0.2) is 0 Å². The van der Waals surface area contributed by atoms with Crippen LogP contribution < -0.4 is 0 Å². The zero-order valence-electron chi connectivity index (χ0n) is 10.2. The van der Waals surface area contributed by atoms with E-state index in [0.717, 1.165) is 28.6 Å². The molecule has 1 aromatic heterocycles. The van der Waals surface area contributed by atoms with Crippen LogP contribution in [0.2, 0.25) is 0 Å². The molecule has 0 spiro atoms. The zero-order chi connectivity index (χ0) is 12.5. The number of aromatic nitrogens is 2. The number of aryl methyl sites for hydroxylation is 1. The smallest absolute Gasteiger partial charge is 0.144 e. The number of nitrogens with zero attached hydrogens (tertiary/aromatic N) is 2. The normalized spacial score (nSPS) is 10.9. The summed E-state index contributed by atoms with van der Waals surface area (Å²) in [7, 11) is 0. The fourth-order valence-corrected chi connectivity index (χ4v) is 2.14. The molecule has 0 aliphatic carbocycles. The van der Waals surface area contributed by atoms with Crippen LogP contribution >= 0.6 is 0 Å². The molecule has 0 aliphatic rings. The molecule has 3 nitrogen and oxygen atoms in total. The summed E-state index contributed by atoms with van der Waals surface area (Å²) in [5.41, 5.74) is 2.59. The molecule has 3 heteroatoms. The summed E-state index contributed by atoms with van der Waals surface area (Å²) >= 11 is 0. The fourth-order valence-electron chi connectivity index (χ4n) is 2.14. The first kappa shape index (κ1) is 10.8. The highest BCUT2D eigenvalue weighted by Gasteiger charge is 2.09. The molecule has 90 valence electrons. The summed E-state index contributed by atoms with van der Waals surface area (Å²) in [6.07, 6.45) is 2.74. The maximum absolute atomic E-state index is 10.2. The van der Waals surface area contributed by atoms with E-state index in [2.05, 4.69) is 5.10 Å². The van der Waals surface area contributed by atoms with Crippen molar-refractivity contribution in [1.82, 2.24) is 9.78 Å². The second-order valence-electron chi connectivity index (χ2n) is 4.27. The first-order valence-electron chi connectivity index (χ1n) is 6.05. The minimum absolute atomic E-state index is 0.313. The Hall–Kier alpha value is -2.29. The van der Waals surface area contributed by atoms with Gasteiger partial charge in [-0.2, -0.15) is 5.10 Å². The highest BCUT2D eigenvalue weighted by molar-refractivity contribution is 5.78. The number of para-hydroxylation sites is 1. The number of phenolic OH excluding ortho intramolecular Hbond substituents is 1. The van der Waals surface area contributed by atoms with Crippen LogP contribution in [0.3, 0.4) is 0 Å². The lowest BCUT2D eigenvalue weighted by Gasteiger charge is -2.07. The van der Waals surface area contributed by atoms with Crippen molar-refractivity contribution in [3.63, 3.8) is 0 Å². The fraction of sp³-hybridized carbons (Fsp3) is 0.133. The van der Waals surface area contributed by atoms with Gasteiger partial charge in [-0.3, -0.25) is 0 Å². The van der Waals surface area contributed by atoms with Crippen LogP contribution in [0.15, 0.2) is 48.7 Å². The van der Waals surface area contributed by atoms with Crippen molar-refractivity contribution in [2.24, 2.45) is 0 Å². The monoisotopic (exact) mass is 238 g/mol. The summed E-state index contributed by atoms with van der Waals surface area (Å²) < 4.78 is 1.74. The maximum atomic E-state index is 10.2. The second kappa shape index (κ2) is 4.18. The number of benzene rings is 2. The highest BCUT2D eigenvalue weighted by Crippen LogP contribution is 2.27. The van der Waals surface area contributed by atoms with Gasteiger partial charge in [0.2, 0.25) is 0 Å². The molecule has 0 unspecified atom stereocenters. The molecule has 18 heavy (non-hydrogen) atoms. The topological polar surface area (TPSA) is 38.0 Å². The average Bonchev–Trinajstić information content (AvgIpc) is 2.82. The lowest BCUT2D eigenvalue weighted by Crippen LogP contribution is -1.96. The van der Waals surface area contributed by atoms with Crippen LogP contribution in [0, 0.1) is 0 Å². The largest absolute Gasteiger partial charge is 0.505 e. The van der Waals surface area contributed by atoms with Gasteiger partial charge in [0.1, 0.15) is 11.4 Å². The van der Waals surface area contributed by atoms with Gasteiger partial charge in [-0.1, -0.05) is 37.3 Å². The standard InChI is InChI=1S/C15H14N2O/c1-2-11-7-5-9-14(15(11)18)17-10-12-6-3-4-8-13(12)16-17/h3-10,18H,2H2,1H3. The van der Waals surface area contributed by atoms with Crippen molar-refractivity contribution in [3.05, 3.63) is 54.2 Å². The number of hydrogen-bond donors (Lipinski definition) is 1. The van der Waals surface area contributed by atoms with E-state index in [4.69, 9.17) is 0 Å². The number of aromatic hydroxyl groups is 1. The Morgan fingerprint density at radius 3 is 2.72 bits per heavy atom. The van der Waals surface area contributed by atoms with Gasteiger partial charge in [-0.15, -0.1) is 0 Å². The van der Waals surface area contributed by atoms with Crippen LogP contribution in [0.1, 0.15) is 12.5 Å². The third-order valence-electron chi connectivity index (χ3n) is 3.14. The van der Waals surface area contributed by atoms with Gasteiger partial charge < -0.3 is 5.11 Å². The molecule has 3 aromatic rings. The molecule has 0 fully saturated rings. The van der Waals surface area contributed by atoms with Crippen molar-refractivity contribution in [3.8, 4) is 11.4 Å². The number of phenols is 1. The van der Waals surface area contributed by atoms with E-state index in [1.54, 1.807) is 4.68 Å². The van der Waals surface area contributed by atoms with Crippen LogP contribution in [0.4, 0.5) is 0 Å². The van der Waals surface area contributed by atoms with Crippen molar-refractivity contribution < 1.29 is 5.11 Å². The van der Waals surface area contributed by atoms with Crippen molar-refractivity contribution in [1.29, 1.82) is 0 Å². The van der Waals surface area contributed by atoms with E-state index in [1.807, 2.05) is 55.6 Å². The van der Waals surface area contributed by atoms with Gasteiger partial charge in [0, 0.05) is 11.6 Å². The summed E-state index contributed by atoms with van der Waals surface area (Å²) in [6.45, 7) is 2.03. The molecule has 0 aliphatic heterocycles. The molecule has 2 aromatic carbocycles. The van der Waals surface area contributed by atoms with E-state index in [1.165, 1.54) is 0 Å². The maximum Gasteiger partial charge on any atom is 0.144 e. The number of rotatable bonds is 2. The Morgan fingerprint density at radius 1 is 1.11 bits per heavy atom. The lowest BCUT2D eigenvalue weighted by molar-refractivity contribution is 0.464. The molecule has 0 saturated heterocycles. The minimum atomic E-state index is 0.313. The molecule has 3 rings (SSSR count). The number of fused-ring (bicyclic) bond motifs is 1. The van der Waals surface area contributed by atoms with E-state index >= 15 is 0 Å².